The van der Waals surface area contributed by atoms with Crippen LogP contribution >= 0.6 is 11.6 Å². The van der Waals surface area contributed by atoms with Gasteiger partial charge in [0.25, 0.3) is 0 Å². The van der Waals surface area contributed by atoms with Crippen molar-refractivity contribution in [1.29, 1.82) is 0 Å². The molecule has 4 nitrogen and oxygen atoms in total. The number of benzene rings is 1. The number of β-amino-alcohol motifs (C(OH)–C–C–N with tert-alkyl or cyclic N) is 1. The van der Waals surface area contributed by atoms with E-state index in [0.29, 0.717) is 11.6 Å². The average molecular weight is 298 g/mol. The van der Waals surface area contributed by atoms with E-state index in [1.54, 1.807) is 6.07 Å². The Hall–Kier alpha value is -1.26. The van der Waals surface area contributed by atoms with E-state index >= 15 is 0 Å². The van der Waals surface area contributed by atoms with Crippen molar-refractivity contribution in [2.24, 2.45) is 0 Å². The quantitative estimate of drug-likeness (QED) is 0.867. The topological polar surface area (TPSA) is 49.8 Å². The summed E-state index contributed by atoms with van der Waals surface area (Å²) in [5.74, 6) is -0.170. The molecule has 1 aliphatic rings. The molecule has 1 aliphatic heterocycles. The van der Waals surface area contributed by atoms with Crippen LogP contribution in [-0.2, 0) is 4.74 Å². The summed E-state index contributed by atoms with van der Waals surface area (Å²) in [7, 11) is 0. The number of amides is 1. The van der Waals surface area contributed by atoms with Crippen molar-refractivity contribution in [1.82, 2.24) is 4.90 Å². The Balaban J connectivity index is 2.10. The molecule has 1 amide bonds. The van der Waals surface area contributed by atoms with Crippen LogP contribution in [0.15, 0.2) is 24.3 Å². The number of rotatable bonds is 1. The fourth-order valence-corrected chi connectivity index (χ4v) is 2.62. The molecule has 0 radical (unpaired) electrons. The molecule has 1 N–H and O–H groups in total. The van der Waals surface area contributed by atoms with Crippen LogP contribution < -0.4 is 0 Å². The minimum Gasteiger partial charge on any atom is -0.444 e. The van der Waals surface area contributed by atoms with Gasteiger partial charge in [-0.3, -0.25) is 0 Å². The lowest BCUT2D eigenvalue weighted by Crippen LogP contribution is -2.35. The van der Waals surface area contributed by atoms with E-state index in [-0.39, 0.29) is 12.5 Å². The zero-order valence-electron chi connectivity index (χ0n) is 12.0. The van der Waals surface area contributed by atoms with Crippen molar-refractivity contribution in [3.05, 3.63) is 34.9 Å². The predicted octanol–water partition coefficient (Wildman–Crippen LogP) is 3.04. The molecular formula is C15H20ClNO3. The molecule has 1 heterocycles. The molecular weight excluding hydrogens is 278 g/mol. The molecule has 20 heavy (non-hydrogen) atoms. The summed E-state index contributed by atoms with van der Waals surface area (Å²) < 4.78 is 5.33. The Morgan fingerprint density at radius 3 is 2.60 bits per heavy atom. The van der Waals surface area contributed by atoms with E-state index < -0.39 is 17.8 Å². The molecule has 0 bridgehead atoms. The molecule has 0 unspecified atom stereocenters. The van der Waals surface area contributed by atoms with Crippen molar-refractivity contribution < 1.29 is 14.6 Å². The molecule has 1 saturated heterocycles. The number of hydrogen-bond donors (Lipinski definition) is 1. The summed E-state index contributed by atoms with van der Waals surface area (Å²) in [6.07, 6.45) is -1.02. The number of carbonyl (C=O) groups is 1. The third-order valence-electron chi connectivity index (χ3n) is 3.25. The van der Waals surface area contributed by atoms with Gasteiger partial charge in [0.05, 0.1) is 12.6 Å². The van der Waals surface area contributed by atoms with Crippen LogP contribution in [-0.4, -0.2) is 40.9 Å². The van der Waals surface area contributed by atoms with Crippen LogP contribution in [0.2, 0.25) is 5.02 Å². The van der Waals surface area contributed by atoms with E-state index in [0.717, 1.165) is 5.56 Å². The standard InChI is InChI=1S/C15H20ClNO3/c1-15(2,3)20-14(19)17-8-11(13(18)9-17)10-6-4-5-7-12(10)16/h4-7,11,13,18H,8-9H2,1-3H3/t11-,13+/m1/s1. The second-order valence-corrected chi connectivity index (χ2v) is 6.49. The molecule has 5 heteroatoms. The SMILES string of the molecule is CC(C)(C)OC(=O)N1C[C@H](c2ccccc2Cl)[C@@H](O)C1. The van der Waals surface area contributed by atoms with Crippen LogP contribution in [0.1, 0.15) is 32.3 Å². The van der Waals surface area contributed by atoms with E-state index in [1.807, 2.05) is 39.0 Å². The van der Waals surface area contributed by atoms with Gasteiger partial charge in [-0.1, -0.05) is 29.8 Å². The Bertz CT molecular complexity index is 498. The summed E-state index contributed by atoms with van der Waals surface area (Å²) in [6, 6.07) is 7.40. The van der Waals surface area contributed by atoms with Gasteiger partial charge in [-0.15, -0.1) is 0 Å². The lowest BCUT2D eigenvalue weighted by Gasteiger charge is -2.24. The number of halogens is 1. The lowest BCUT2D eigenvalue weighted by molar-refractivity contribution is 0.0270. The van der Waals surface area contributed by atoms with Gasteiger partial charge in [0, 0.05) is 17.5 Å². The first-order chi connectivity index (χ1) is 9.28. The highest BCUT2D eigenvalue weighted by atomic mass is 35.5. The molecule has 1 aromatic carbocycles. The molecule has 2 atom stereocenters. The number of ether oxygens (including phenoxy) is 1. The van der Waals surface area contributed by atoms with Crippen molar-refractivity contribution in [3.63, 3.8) is 0 Å². The highest BCUT2D eigenvalue weighted by Gasteiger charge is 2.37. The molecule has 0 aliphatic carbocycles. The highest BCUT2D eigenvalue weighted by molar-refractivity contribution is 6.31. The fraction of sp³-hybridized carbons (Fsp3) is 0.533. The number of likely N-dealkylation sites (tertiary alicyclic amines) is 1. The molecule has 1 fully saturated rings. The van der Waals surface area contributed by atoms with Gasteiger partial charge in [-0.2, -0.15) is 0 Å². The second kappa shape index (κ2) is 5.62. The number of carbonyl (C=O) groups excluding carboxylic acids is 1. The fourth-order valence-electron chi connectivity index (χ4n) is 2.34. The average Bonchev–Trinajstić information content (AvgIpc) is 2.70. The van der Waals surface area contributed by atoms with Crippen LogP contribution in [0, 0.1) is 0 Å². The Morgan fingerprint density at radius 2 is 2.00 bits per heavy atom. The van der Waals surface area contributed by atoms with Gasteiger partial charge >= 0.3 is 6.09 Å². The van der Waals surface area contributed by atoms with E-state index in [2.05, 4.69) is 0 Å². The van der Waals surface area contributed by atoms with Crippen LogP contribution in [0.3, 0.4) is 0 Å². The van der Waals surface area contributed by atoms with Gasteiger partial charge < -0.3 is 14.7 Å². The zero-order valence-corrected chi connectivity index (χ0v) is 12.7. The maximum atomic E-state index is 12.0. The van der Waals surface area contributed by atoms with E-state index in [1.165, 1.54) is 4.90 Å². The third-order valence-corrected chi connectivity index (χ3v) is 3.59. The van der Waals surface area contributed by atoms with E-state index in [4.69, 9.17) is 16.3 Å². The number of hydrogen-bond acceptors (Lipinski definition) is 3. The van der Waals surface area contributed by atoms with Gasteiger partial charge in [-0.25, -0.2) is 4.79 Å². The van der Waals surface area contributed by atoms with Crippen molar-refractivity contribution in [3.8, 4) is 0 Å². The van der Waals surface area contributed by atoms with Gasteiger partial charge in [-0.05, 0) is 32.4 Å². The van der Waals surface area contributed by atoms with Crippen molar-refractivity contribution >= 4 is 17.7 Å². The highest BCUT2D eigenvalue weighted by Crippen LogP contribution is 2.32. The van der Waals surface area contributed by atoms with Crippen LogP contribution in [0.4, 0.5) is 4.79 Å². The smallest absolute Gasteiger partial charge is 0.410 e. The summed E-state index contributed by atoms with van der Waals surface area (Å²) >= 11 is 6.16. The minimum atomic E-state index is -0.623. The number of aliphatic hydroxyl groups excluding tert-OH is 1. The summed E-state index contributed by atoms with van der Waals surface area (Å²) in [5.41, 5.74) is 0.331. The molecule has 2 rings (SSSR count). The first-order valence-corrected chi connectivity index (χ1v) is 7.06. The Labute approximate surface area is 124 Å². The first kappa shape index (κ1) is 15.1. The first-order valence-electron chi connectivity index (χ1n) is 6.68. The Kier molecular flexibility index (Phi) is 4.25. The van der Waals surface area contributed by atoms with Crippen LogP contribution in [0.5, 0.6) is 0 Å². The number of aliphatic hydroxyl groups is 1. The molecule has 0 spiro atoms. The van der Waals surface area contributed by atoms with Gasteiger partial charge in [0.2, 0.25) is 0 Å². The maximum Gasteiger partial charge on any atom is 0.410 e. The molecule has 110 valence electrons. The summed E-state index contributed by atoms with van der Waals surface area (Å²) in [4.78, 5) is 13.6. The second-order valence-electron chi connectivity index (χ2n) is 6.08. The van der Waals surface area contributed by atoms with Crippen molar-refractivity contribution in [2.75, 3.05) is 13.1 Å². The molecule has 1 aromatic rings. The largest absolute Gasteiger partial charge is 0.444 e. The normalized spacial score (nSPS) is 22.9. The maximum absolute atomic E-state index is 12.0. The van der Waals surface area contributed by atoms with E-state index in [9.17, 15) is 9.90 Å². The van der Waals surface area contributed by atoms with Gasteiger partial charge in [0.15, 0.2) is 0 Å². The predicted molar refractivity (Wildman–Crippen MR) is 78.0 cm³/mol. The lowest BCUT2D eigenvalue weighted by atomic mass is 9.96. The van der Waals surface area contributed by atoms with Crippen LogP contribution in [0.25, 0.3) is 0 Å². The van der Waals surface area contributed by atoms with Gasteiger partial charge in [0.1, 0.15) is 5.60 Å². The number of nitrogens with zero attached hydrogens (tertiary/aromatic N) is 1. The monoisotopic (exact) mass is 297 g/mol. The Morgan fingerprint density at radius 1 is 1.35 bits per heavy atom. The molecule has 0 saturated carbocycles. The third kappa shape index (κ3) is 3.44. The minimum absolute atomic E-state index is 0.170. The van der Waals surface area contributed by atoms with Crippen molar-refractivity contribution in [2.45, 2.75) is 38.4 Å². The zero-order chi connectivity index (χ0) is 14.9. The molecule has 0 aromatic heterocycles. The summed E-state index contributed by atoms with van der Waals surface area (Å²) in [5, 5.41) is 10.8. The summed E-state index contributed by atoms with van der Waals surface area (Å²) in [6.45, 7) is 6.15.